The summed E-state index contributed by atoms with van der Waals surface area (Å²) < 4.78 is 10.7. The fourth-order valence-electron chi connectivity index (χ4n) is 2.09. The number of hydrogen-bond acceptors (Lipinski definition) is 4. The molecule has 2 aromatic heterocycles. The number of halogens is 1. The van der Waals surface area contributed by atoms with Crippen LogP contribution in [0.5, 0.6) is 5.75 Å². The Hall–Kier alpha value is -1.65. The van der Waals surface area contributed by atoms with Crippen LogP contribution < -0.4 is 4.74 Å². The van der Waals surface area contributed by atoms with Crippen LogP contribution in [0.4, 0.5) is 0 Å². The highest BCUT2D eigenvalue weighted by molar-refractivity contribution is 6.29. The van der Waals surface area contributed by atoms with Gasteiger partial charge in [-0.15, -0.1) is 0 Å². The monoisotopic (exact) mass is 320 g/mol. The molecule has 2 rings (SSSR count). The summed E-state index contributed by atoms with van der Waals surface area (Å²) >= 11 is 5.86. The van der Waals surface area contributed by atoms with Gasteiger partial charge in [0.15, 0.2) is 0 Å². The van der Waals surface area contributed by atoms with E-state index in [4.69, 9.17) is 21.1 Å². The van der Waals surface area contributed by atoms with Crippen molar-refractivity contribution in [3.05, 3.63) is 41.3 Å². The number of nitrogens with zero attached hydrogens (tertiary/aromatic N) is 2. The molecule has 0 fully saturated rings. The molecule has 0 aliphatic rings. The molecule has 0 saturated carbocycles. The average Bonchev–Trinajstić information content (AvgIpc) is 2.47. The summed E-state index contributed by atoms with van der Waals surface area (Å²) in [7, 11) is 1.65. The first-order valence-electron chi connectivity index (χ1n) is 7.16. The first kappa shape index (κ1) is 16.7. The van der Waals surface area contributed by atoms with Gasteiger partial charge in [0.1, 0.15) is 17.5 Å². The summed E-state index contributed by atoms with van der Waals surface area (Å²) in [6, 6.07) is 5.74. The molecular formula is C17H21ClN2O2. The maximum Gasteiger partial charge on any atom is 0.138 e. The zero-order valence-electron chi connectivity index (χ0n) is 13.4. The Kier molecular flexibility index (Phi) is 5.37. The second kappa shape index (κ2) is 7.07. The van der Waals surface area contributed by atoms with Crippen molar-refractivity contribution < 1.29 is 9.47 Å². The van der Waals surface area contributed by atoms with Crippen LogP contribution in [0.2, 0.25) is 5.15 Å². The molecule has 0 atom stereocenters. The minimum absolute atomic E-state index is 0.0669. The molecule has 2 heterocycles. The van der Waals surface area contributed by atoms with Gasteiger partial charge in [0.2, 0.25) is 0 Å². The van der Waals surface area contributed by atoms with Crippen molar-refractivity contribution in [2.45, 2.75) is 26.2 Å². The van der Waals surface area contributed by atoms with E-state index in [1.54, 1.807) is 25.6 Å². The zero-order chi connectivity index (χ0) is 16.2. The number of ether oxygens (including phenoxy) is 2. The quantitative estimate of drug-likeness (QED) is 0.614. The molecule has 22 heavy (non-hydrogen) atoms. The van der Waals surface area contributed by atoms with E-state index < -0.39 is 0 Å². The van der Waals surface area contributed by atoms with Gasteiger partial charge < -0.3 is 9.47 Å². The van der Waals surface area contributed by atoms with Crippen molar-refractivity contribution in [3.63, 3.8) is 0 Å². The van der Waals surface area contributed by atoms with E-state index in [1.807, 2.05) is 12.1 Å². The Morgan fingerprint density at radius 1 is 1.09 bits per heavy atom. The third-order valence-electron chi connectivity index (χ3n) is 3.23. The van der Waals surface area contributed by atoms with E-state index in [-0.39, 0.29) is 5.41 Å². The molecule has 5 heteroatoms. The van der Waals surface area contributed by atoms with Crippen LogP contribution in [0.15, 0.2) is 30.6 Å². The van der Waals surface area contributed by atoms with E-state index in [0.29, 0.717) is 18.4 Å². The highest BCUT2D eigenvalue weighted by Gasteiger charge is 2.21. The summed E-state index contributed by atoms with van der Waals surface area (Å²) in [5.74, 6) is 0.743. The fourth-order valence-corrected chi connectivity index (χ4v) is 2.20. The minimum Gasteiger partial charge on any atom is -0.490 e. The van der Waals surface area contributed by atoms with Crippen LogP contribution in [0.1, 0.15) is 26.3 Å². The summed E-state index contributed by atoms with van der Waals surface area (Å²) in [6.45, 7) is 7.50. The summed E-state index contributed by atoms with van der Waals surface area (Å²) in [6.07, 6.45) is 3.47. The minimum atomic E-state index is -0.0669. The lowest BCUT2D eigenvalue weighted by atomic mass is 9.84. The Morgan fingerprint density at radius 2 is 1.86 bits per heavy atom. The first-order valence-corrected chi connectivity index (χ1v) is 7.54. The highest BCUT2D eigenvalue weighted by Crippen LogP contribution is 2.33. The van der Waals surface area contributed by atoms with Crippen LogP contribution in [-0.2, 0) is 10.2 Å². The molecule has 0 aliphatic heterocycles. The maximum absolute atomic E-state index is 5.86. The summed E-state index contributed by atoms with van der Waals surface area (Å²) in [5, 5.41) is 0.473. The van der Waals surface area contributed by atoms with E-state index in [9.17, 15) is 0 Å². The summed E-state index contributed by atoms with van der Waals surface area (Å²) in [5.41, 5.74) is 2.88. The van der Waals surface area contributed by atoms with Crippen molar-refractivity contribution in [1.82, 2.24) is 9.97 Å². The van der Waals surface area contributed by atoms with Gasteiger partial charge in [0.05, 0.1) is 18.5 Å². The number of pyridine rings is 2. The molecule has 0 amide bonds. The van der Waals surface area contributed by atoms with Gasteiger partial charge in [-0.1, -0.05) is 32.4 Å². The second-order valence-corrected chi connectivity index (χ2v) is 6.42. The Balaban J connectivity index is 2.39. The average molecular weight is 321 g/mol. The largest absolute Gasteiger partial charge is 0.490 e. The molecule has 4 nitrogen and oxygen atoms in total. The van der Waals surface area contributed by atoms with Gasteiger partial charge in [-0.05, 0) is 29.2 Å². The van der Waals surface area contributed by atoms with Crippen LogP contribution in [0.3, 0.4) is 0 Å². The molecule has 0 bridgehead atoms. The fraction of sp³-hybridized carbons (Fsp3) is 0.412. The molecule has 2 aromatic rings. The third-order valence-corrected chi connectivity index (χ3v) is 3.45. The van der Waals surface area contributed by atoms with E-state index in [1.165, 1.54) is 0 Å². The smallest absolute Gasteiger partial charge is 0.138 e. The molecular weight excluding hydrogens is 300 g/mol. The van der Waals surface area contributed by atoms with Gasteiger partial charge in [-0.2, -0.15) is 0 Å². The molecule has 0 unspecified atom stereocenters. The van der Waals surface area contributed by atoms with Crippen LogP contribution in [0.25, 0.3) is 11.3 Å². The normalized spacial score (nSPS) is 11.5. The van der Waals surface area contributed by atoms with Crippen molar-refractivity contribution in [2.75, 3.05) is 20.3 Å². The van der Waals surface area contributed by atoms with Crippen molar-refractivity contribution in [1.29, 1.82) is 0 Å². The third kappa shape index (κ3) is 4.18. The Labute approximate surface area is 136 Å². The molecule has 0 radical (unpaired) electrons. The van der Waals surface area contributed by atoms with Crippen LogP contribution in [0, 0.1) is 0 Å². The standard InChI is InChI=1S/C17H21ClN2O2/c1-17(2,3)14-9-13(22-8-7-21-4)11-20-16(14)12-5-6-15(18)19-10-12/h5-6,9-11H,7-8H2,1-4H3. The highest BCUT2D eigenvalue weighted by atomic mass is 35.5. The zero-order valence-corrected chi connectivity index (χ0v) is 14.1. The lowest BCUT2D eigenvalue weighted by molar-refractivity contribution is 0.146. The van der Waals surface area contributed by atoms with Crippen molar-refractivity contribution >= 4 is 11.6 Å². The van der Waals surface area contributed by atoms with E-state index >= 15 is 0 Å². The molecule has 0 aliphatic carbocycles. The SMILES string of the molecule is COCCOc1cnc(-c2ccc(Cl)nc2)c(C(C)(C)C)c1. The van der Waals surface area contributed by atoms with E-state index in [0.717, 1.165) is 22.6 Å². The van der Waals surface area contributed by atoms with E-state index in [2.05, 4.69) is 30.7 Å². The molecule has 0 aromatic carbocycles. The molecule has 0 N–H and O–H groups in total. The topological polar surface area (TPSA) is 44.2 Å². The van der Waals surface area contributed by atoms with Gasteiger partial charge in [0, 0.05) is 18.9 Å². The van der Waals surface area contributed by atoms with Gasteiger partial charge in [0.25, 0.3) is 0 Å². The number of methoxy groups -OCH3 is 1. The Bertz CT molecular complexity index is 622. The molecule has 0 spiro atoms. The predicted molar refractivity (Wildman–Crippen MR) is 88.5 cm³/mol. The van der Waals surface area contributed by atoms with Gasteiger partial charge in [-0.25, -0.2) is 4.98 Å². The van der Waals surface area contributed by atoms with Gasteiger partial charge in [-0.3, -0.25) is 4.98 Å². The Morgan fingerprint density at radius 3 is 2.45 bits per heavy atom. The van der Waals surface area contributed by atoms with Gasteiger partial charge >= 0.3 is 0 Å². The summed E-state index contributed by atoms with van der Waals surface area (Å²) in [4.78, 5) is 8.71. The number of hydrogen-bond donors (Lipinski definition) is 0. The van der Waals surface area contributed by atoms with Crippen molar-refractivity contribution in [3.8, 4) is 17.0 Å². The first-order chi connectivity index (χ1) is 10.4. The number of rotatable bonds is 5. The predicted octanol–water partition coefficient (Wildman–Crippen LogP) is 4.12. The van der Waals surface area contributed by atoms with Crippen molar-refractivity contribution in [2.24, 2.45) is 0 Å². The molecule has 0 saturated heterocycles. The second-order valence-electron chi connectivity index (χ2n) is 6.03. The lowest BCUT2D eigenvalue weighted by Crippen LogP contribution is -2.14. The lowest BCUT2D eigenvalue weighted by Gasteiger charge is -2.23. The van der Waals surface area contributed by atoms with Crippen LogP contribution >= 0.6 is 11.6 Å². The number of aromatic nitrogens is 2. The maximum atomic E-state index is 5.86. The van der Waals surface area contributed by atoms with Crippen LogP contribution in [-0.4, -0.2) is 30.3 Å². The molecule has 118 valence electrons.